The van der Waals surface area contributed by atoms with Crippen LogP contribution >= 0.6 is 0 Å². The van der Waals surface area contributed by atoms with Crippen molar-refractivity contribution >= 4 is 5.91 Å². The fraction of sp³-hybridized carbons (Fsp3) is 0.917. The summed E-state index contributed by atoms with van der Waals surface area (Å²) in [5.74, 6) is 0.345. The minimum Gasteiger partial charge on any atom is -0.339 e. The average Bonchev–Trinajstić information content (AvgIpc) is 2.73. The van der Waals surface area contributed by atoms with Gasteiger partial charge in [0.15, 0.2) is 0 Å². The molecule has 4 nitrogen and oxygen atoms in total. The second-order valence-corrected chi connectivity index (χ2v) is 5.41. The second kappa shape index (κ2) is 5.66. The molecule has 0 aliphatic carbocycles. The lowest BCUT2D eigenvalue weighted by atomic mass is 10.0. The van der Waals surface area contributed by atoms with Crippen LogP contribution in [-0.2, 0) is 4.79 Å². The third-order valence-electron chi connectivity index (χ3n) is 3.89. The average molecular weight is 279 g/mol. The van der Waals surface area contributed by atoms with Gasteiger partial charge in [-0.25, -0.2) is 0 Å². The summed E-state index contributed by atoms with van der Waals surface area (Å²) in [4.78, 5) is 15.3. The molecule has 0 bridgehead atoms. The molecule has 0 aromatic heterocycles. The minimum atomic E-state index is -4.16. The zero-order valence-corrected chi connectivity index (χ0v) is 11.0. The van der Waals surface area contributed by atoms with Crippen LogP contribution in [0.5, 0.6) is 0 Å². The topological polar surface area (TPSA) is 35.6 Å². The minimum absolute atomic E-state index is 0.0386. The normalized spacial score (nSPS) is 29.8. The van der Waals surface area contributed by atoms with Crippen molar-refractivity contribution in [2.24, 2.45) is 5.92 Å². The van der Waals surface area contributed by atoms with E-state index in [0.29, 0.717) is 32.1 Å². The van der Waals surface area contributed by atoms with E-state index in [1.54, 1.807) is 4.90 Å². The number of amides is 1. The number of hydrogen-bond acceptors (Lipinski definition) is 3. The highest BCUT2D eigenvalue weighted by Crippen LogP contribution is 2.20. The molecule has 2 aliphatic heterocycles. The molecule has 2 atom stereocenters. The van der Waals surface area contributed by atoms with E-state index >= 15 is 0 Å². The number of alkyl halides is 3. The Morgan fingerprint density at radius 3 is 2.37 bits per heavy atom. The standard InChI is InChI=1S/C12H20F3N3O/c1-9-2-3-16-10(9)11(19)18-6-4-17(5-7-18)8-12(13,14)15/h9-10,16H,2-8H2,1H3. The van der Waals surface area contributed by atoms with Crippen LogP contribution in [-0.4, -0.2) is 67.2 Å². The molecule has 0 saturated carbocycles. The van der Waals surface area contributed by atoms with Crippen LogP contribution < -0.4 is 5.32 Å². The highest BCUT2D eigenvalue weighted by Gasteiger charge is 2.36. The SMILES string of the molecule is CC1CCNC1C(=O)N1CCN(CC(F)(F)F)CC1. The monoisotopic (exact) mass is 279 g/mol. The quantitative estimate of drug-likeness (QED) is 0.808. The van der Waals surface area contributed by atoms with Gasteiger partial charge in [-0.15, -0.1) is 0 Å². The first kappa shape index (κ1) is 14.6. The molecule has 2 rings (SSSR count). The molecular formula is C12H20F3N3O. The van der Waals surface area contributed by atoms with Gasteiger partial charge in [0.05, 0.1) is 12.6 Å². The number of halogens is 3. The van der Waals surface area contributed by atoms with Crippen molar-refractivity contribution in [3.05, 3.63) is 0 Å². The van der Waals surface area contributed by atoms with E-state index in [9.17, 15) is 18.0 Å². The van der Waals surface area contributed by atoms with Crippen molar-refractivity contribution in [1.82, 2.24) is 15.1 Å². The summed E-state index contributed by atoms with van der Waals surface area (Å²) < 4.78 is 36.8. The van der Waals surface area contributed by atoms with Crippen LogP contribution in [0.4, 0.5) is 13.2 Å². The Bertz CT molecular complexity index is 327. The first-order valence-electron chi connectivity index (χ1n) is 6.68. The van der Waals surface area contributed by atoms with Gasteiger partial charge in [0, 0.05) is 26.2 Å². The summed E-state index contributed by atoms with van der Waals surface area (Å²) in [6, 6.07) is -0.158. The number of nitrogens with zero attached hydrogens (tertiary/aromatic N) is 2. The highest BCUT2D eigenvalue weighted by molar-refractivity contribution is 5.82. The number of rotatable bonds is 2. The predicted molar refractivity (Wildman–Crippen MR) is 64.6 cm³/mol. The summed E-state index contributed by atoms with van der Waals surface area (Å²) in [5, 5.41) is 3.17. The smallest absolute Gasteiger partial charge is 0.339 e. The number of nitrogens with one attached hydrogen (secondary N) is 1. The van der Waals surface area contributed by atoms with Crippen molar-refractivity contribution in [3.8, 4) is 0 Å². The zero-order chi connectivity index (χ0) is 14.0. The van der Waals surface area contributed by atoms with E-state index in [1.165, 1.54) is 4.90 Å². The number of piperazine rings is 1. The summed E-state index contributed by atoms with van der Waals surface area (Å²) >= 11 is 0. The van der Waals surface area contributed by atoms with Gasteiger partial charge in [-0.2, -0.15) is 13.2 Å². The van der Waals surface area contributed by atoms with Gasteiger partial charge in [-0.1, -0.05) is 6.92 Å². The molecule has 2 saturated heterocycles. The molecule has 19 heavy (non-hydrogen) atoms. The lowest BCUT2D eigenvalue weighted by Gasteiger charge is -2.36. The predicted octanol–water partition coefficient (Wildman–Crippen LogP) is 0.691. The van der Waals surface area contributed by atoms with Crippen LogP contribution in [0.15, 0.2) is 0 Å². The molecule has 2 heterocycles. The van der Waals surface area contributed by atoms with Crippen molar-refractivity contribution in [2.75, 3.05) is 39.3 Å². The Balaban J connectivity index is 1.81. The van der Waals surface area contributed by atoms with Gasteiger partial charge in [0.1, 0.15) is 0 Å². The van der Waals surface area contributed by atoms with Crippen LogP contribution in [0.2, 0.25) is 0 Å². The molecule has 2 aliphatic rings. The largest absolute Gasteiger partial charge is 0.401 e. The molecule has 7 heteroatoms. The van der Waals surface area contributed by atoms with Gasteiger partial charge in [-0.05, 0) is 18.9 Å². The third-order valence-corrected chi connectivity index (χ3v) is 3.89. The van der Waals surface area contributed by atoms with Crippen LogP contribution in [0.3, 0.4) is 0 Å². The fourth-order valence-electron chi connectivity index (χ4n) is 2.74. The molecular weight excluding hydrogens is 259 g/mol. The van der Waals surface area contributed by atoms with Crippen molar-refractivity contribution in [3.63, 3.8) is 0 Å². The first-order valence-corrected chi connectivity index (χ1v) is 6.68. The Morgan fingerprint density at radius 2 is 1.89 bits per heavy atom. The van der Waals surface area contributed by atoms with Gasteiger partial charge in [0.2, 0.25) is 5.91 Å². The molecule has 0 spiro atoms. The summed E-state index contributed by atoms with van der Waals surface area (Å²) in [5.41, 5.74) is 0. The van der Waals surface area contributed by atoms with E-state index in [-0.39, 0.29) is 11.9 Å². The maximum atomic E-state index is 12.3. The number of carbonyl (C=O) groups excluding carboxylic acids is 1. The Morgan fingerprint density at radius 1 is 1.26 bits per heavy atom. The Labute approximate surface area is 110 Å². The van der Waals surface area contributed by atoms with E-state index < -0.39 is 12.7 Å². The fourth-order valence-corrected chi connectivity index (χ4v) is 2.74. The van der Waals surface area contributed by atoms with Gasteiger partial charge in [-0.3, -0.25) is 9.69 Å². The van der Waals surface area contributed by atoms with Crippen LogP contribution in [0.25, 0.3) is 0 Å². The van der Waals surface area contributed by atoms with Gasteiger partial charge >= 0.3 is 6.18 Å². The third kappa shape index (κ3) is 3.82. The van der Waals surface area contributed by atoms with Crippen molar-refractivity contribution in [1.29, 1.82) is 0 Å². The lowest BCUT2D eigenvalue weighted by molar-refractivity contribution is -0.152. The first-order chi connectivity index (χ1) is 8.87. The molecule has 0 aromatic rings. The Hall–Kier alpha value is -0.820. The molecule has 1 amide bonds. The van der Waals surface area contributed by atoms with E-state index in [2.05, 4.69) is 5.32 Å². The maximum absolute atomic E-state index is 12.3. The molecule has 2 unspecified atom stereocenters. The van der Waals surface area contributed by atoms with E-state index in [0.717, 1.165) is 13.0 Å². The number of carbonyl (C=O) groups is 1. The maximum Gasteiger partial charge on any atom is 0.401 e. The molecule has 2 fully saturated rings. The summed E-state index contributed by atoms with van der Waals surface area (Å²) in [6.07, 6.45) is -3.18. The number of hydrogen-bond donors (Lipinski definition) is 1. The molecule has 110 valence electrons. The molecule has 0 aromatic carbocycles. The zero-order valence-electron chi connectivity index (χ0n) is 11.0. The van der Waals surface area contributed by atoms with Crippen LogP contribution in [0, 0.1) is 5.92 Å². The summed E-state index contributed by atoms with van der Waals surface area (Å²) in [6.45, 7) is 3.36. The summed E-state index contributed by atoms with van der Waals surface area (Å²) in [7, 11) is 0. The van der Waals surface area contributed by atoms with E-state index in [1.807, 2.05) is 6.92 Å². The van der Waals surface area contributed by atoms with Crippen LogP contribution in [0.1, 0.15) is 13.3 Å². The van der Waals surface area contributed by atoms with Gasteiger partial charge in [0.25, 0.3) is 0 Å². The lowest BCUT2D eigenvalue weighted by Crippen LogP contribution is -2.55. The highest BCUT2D eigenvalue weighted by atomic mass is 19.4. The molecule has 0 radical (unpaired) electrons. The van der Waals surface area contributed by atoms with Crippen molar-refractivity contribution in [2.45, 2.75) is 25.6 Å². The van der Waals surface area contributed by atoms with E-state index in [4.69, 9.17) is 0 Å². The van der Waals surface area contributed by atoms with Crippen molar-refractivity contribution < 1.29 is 18.0 Å². The molecule has 1 N–H and O–H groups in total. The van der Waals surface area contributed by atoms with Gasteiger partial charge < -0.3 is 10.2 Å². The Kier molecular flexibility index (Phi) is 4.35. The second-order valence-electron chi connectivity index (χ2n) is 5.41.